The summed E-state index contributed by atoms with van der Waals surface area (Å²) in [6.07, 6.45) is 1.63. The lowest BCUT2D eigenvalue weighted by atomic mass is 10.1. The Bertz CT molecular complexity index is 811. The van der Waals surface area contributed by atoms with Gasteiger partial charge in [-0.25, -0.2) is 14.4 Å². The van der Waals surface area contributed by atoms with Gasteiger partial charge in [0.15, 0.2) is 11.5 Å². The number of nitrogens with zero attached hydrogens (tertiary/aromatic N) is 2. The molecule has 0 saturated carbocycles. The quantitative estimate of drug-likeness (QED) is 0.800. The number of amidine groups is 1. The van der Waals surface area contributed by atoms with E-state index in [1.54, 1.807) is 12.1 Å². The Morgan fingerprint density at radius 1 is 1.32 bits per heavy atom. The molecule has 2 heterocycles. The van der Waals surface area contributed by atoms with Crippen LogP contribution in [0.4, 0.5) is 10.1 Å². The molecule has 1 aliphatic heterocycles. The van der Waals surface area contributed by atoms with Crippen LogP contribution in [-0.2, 0) is 11.2 Å². The zero-order valence-electron chi connectivity index (χ0n) is 13.2. The molecule has 1 aromatic carbocycles. The number of amides is 1. The molecule has 2 aromatic rings. The van der Waals surface area contributed by atoms with Crippen molar-refractivity contribution in [1.82, 2.24) is 4.98 Å². The molecule has 0 spiro atoms. The minimum atomic E-state index is -0.725. The van der Waals surface area contributed by atoms with Gasteiger partial charge in [-0.3, -0.25) is 4.79 Å². The van der Waals surface area contributed by atoms with E-state index in [1.807, 2.05) is 12.1 Å². The molecule has 0 radical (unpaired) electrons. The summed E-state index contributed by atoms with van der Waals surface area (Å²) in [6.45, 7) is 0.512. The fraction of sp³-hybridized carbons (Fsp3) is 0.235. The molecule has 0 unspecified atom stereocenters. The summed E-state index contributed by atoms with van der Waals surface area (Å²) in [6, 6.07) is 9.99. The second kappa shape index (κ2) is 7.48. The normalized spacial score (nSPS) is 16.2. The fourth-order valence-corrected chi connectivity index (χ4v) is 2.59. The van der Waals surface area contributed by atoms with Crippen molar-refractivity contribution < 1.29 is 13.9 Å². The van der Waals surface area contributed by atoms with E-state index in [1.165, 1.54) is 6.07 Å². The number of anilines is 1. The Balaban J connectivity index is 1.58. The molecule has 6 nitrogen and oxygen atoms in total. The van der Waals surface area contributed by atoms with Crippen LogP contribution in [0.15, 0.2) is 41.4 Å². The first-order chi connectivity index (χ1) is 12.0. The van der Waals surface area contributed by atoms with Crippen LogP contribution in [0.1, 0.15) is 22.5 Å². The molecule has 0 bridgehead atoms. The van der Waals surface area contributed by atoms with E-state index >= 15 is 0 Å². The number of aromatic nitrogens is 1. The molecule has 0 saturated heterocycles. The molecule has 3 N–H and O–H groups in total. The van der Waals surface area contributed by atoms with Crippen LogP contribution < -0.4 is 11.1 Å². The van der Waals surface area contributed by atoms with Crippen molar-refractivity contribution in [2.24, 2.45) is 10.7 Å². The Hall–Kier alpha value is -2.67. The van der Waals surface area contributed by atoms with Crippen LogP contribution in [0.2, 0.25) is 5.15 Å². The van der Waals surface area contributed by atoms with E-state index < -0.39 is 11.7 Å². The lowest BCUT2D eigenvalue weighted by Crippen LogP contribution is -2.15. The smallest absolute Gasteiger partial charge is 0.282 e. The minimum absolute atomic E-state index is 0.0566. The van der Waals surface area contributed by atoms with Gasteiger partial charge < -0.3 is 15.8 Å². The number of hydrogen-bond donors (Lipinski definition) is 2. The number of pyridine rings is 1. The number of benzene rings is 1. The van der Waals surface area contributed by atoms with Crippen molar-refractivity contribution in [1.29, 1.82) is 0 Å². The molecule has 1 aromatic heterocycles. The number of hydrogen-bond acceptors (Lipinski definition) is 5. The average molecular weight is 363 g/mol. The van der Waals surface area contributed by atoms with E-state index in [4.69, 9.17) is 22.1 Å². The van der Waals surface area contributed by atoms with Gasteiger partial charge in [0, 0.05) is 5.69 Å². The van der Waals surface area contributed by atoms with Crippen molar-refractivity contribution >= 4 is 29.2 Å². The first kappa shape index (κ1) is 17.2. The Labute approximate surface area is 148 Å². The molecule has 0 fully saturated rings. The number of carbonyl (C=O) groups is 1. The van der Waals surface area contributed by atoms with Crippen molar-refractivity contribution in [3.8, 4) is 0 Å². The standard InChI is InChI=1S/C17H16ClFN4O2/c18-14-8-7-13(19)15(23-14)16(24)21-11-4-1-10(2-5-11)3-6-12-9-25-17(20)22-12/h1-2,4-5,7-8,12H,3,6,9H2,(H2,20,22)(H,21,24)/t12-/m0/s1. The van der Waals surface area contributed by atoms with Crippen LogP contribution in [0.3, 0.4) is 0 Å². The Morgan fingerprint density at radius 2 is 2.08 bits per heavy atom. The number of nitrogens with two attached hydrogens (primary N) is 1. The zero-order valence-corrected chi connectivity index (χ0v) is 14.0. The van der Waals surface area contributed by atoms with E-state index in [-0.39, 0.29) is 22.9 Å². The van der Waals surface area contributed by atoms with Crippen molar-refractivity contribution in [3.05, 3.63) is 58.6 Å². The highest BCUT2D eigenvalue weighted by Crippen LogP contribution is 2.16. The third kappa shape index (κ3) is 4.45. The maximum atomic E-state index is 13.7. The molecule has 1 atom stereocenters. The number of rotatable bonds is 5. The number of ether oxygens (including phenoxy) is 1. The van der Waals surface area contributed by atoms with Crippen molar-refractivity contribution in [2.45, 2.75) is 18.9 Å². The first-order valence-corrected chi connectivity index (χ1v) is 8.07. The molecule has 1 amide bonds. The van der Waals surface area contributed by atoms with Gasteiger partial charge in [-0.1, -0.05) is 23.7 Å². The SMILES string of the molecule is NC1=N[C@@H](CCc2ccc(NC(=O)c3nc(Cl)ccc3F)cc2)CO1. The van der Waals surface area contributed by atoms with Crippen molar-refractivity contribution in [2.75, 3.05) is 11.9 Å². The van der Waals surface area contributed by atoms with E-state index in [0.717, 1.165) is 24.5 Å². The minimum Gasteiger partial charge on any atom is -0.463 e. The second-order valence-corrected chi connectivity index (χ2v) is 5.97. The number of nitrogens with one attached hydrogen (secondary N) is 1. The molecule has 25 heavy (non-hydrogen) atoms. The molecule has 8 heteroatoms. The largest absolute Gasteiger partial charge is 0.463 e. The maximum Gasteiger partial charge on any atom is 0.282 e. The Morgan fingerprint density at radius 3 is 2.76 bits per heavy atom. The van der Waals surface area contributed by atoms with Gasteiger partial charge in [0.1, 0.15) is 11.8 Å². The summed E-state index contributed by atoms with van der Waals surface area (Å²) in [5.74, 6) is -1.38. The predicted molar refractivity (Wildman–Crippen MR) is 93.3 cm³/mol. The highest BCUT2D eigenvalue weighted by atomic mass is 35.5. The van der Waals surface area contributed by atoms with Crippen LogP contribution in [0.5, 0.6) is 0 Å². The highest BCUT2D eigenvalue weighted by Gasteiger charge is 2.17. The van der Waals surface area contributed by atoms with E-state index in [0.29, 0.717) is 12.3 Å². The van der Waals surface area contributed by atoms with Crippen LogP contribution in [0, 0.1) is 5.82 Å². The van der Waals surface area contributed by atoms with Crippen LogP contribution in [-0.4, -0.2) is 29.6 Å². The molecule has 0 aliphatic carbocycles. The van der Waals surface area contributed by atoms with Gasteiger partial charge in [0.2, 0.25) is 0 Å². The summed E-state index contributed by atoms with van der Waals surface area (Å²) in [5, 5.41) is 2.65. The summed E-state index contributed by atoms with van der Waals surface area (Å²) in [7, 11) is 0. The van der Waals surface area contributed by atoms with Gasteiger partial charge in [0.25, 0.3) is 11.9 Å². The summed E-state index contributed by atoms with van der Waals surface area (Å²) >= 11 is 5.70. The molecular weight excluding hydrogens is 347 g/mol. The lowest BCUT2D eigenvalue weighted by molar-refractivity contribution is 0.101. The number of aryl methyl sites for hydroxylation is 1. The highest BCUT2D eigenvalue weighted by molar-refractivity contribution is 6.29. The monoisotopic (exact) mass is 362 g/mol. The van der Waals surface area contributed by atoms with E-state index in [9.17, 15) is 9.18 Å². The van der Waals surface area contributed by atoms with Gasteiger partial charge in [0.05, 0.1) is 6.04 Å². The third-order valence-electron chi connectivity index (χ3n) is 3.74. The van der Waals surface area contributed by atoms with Gasteiger partial charge in [-0.15, -0.1) is 0 Å². The first-order valence-electron chi connectivity index (χ1n) is 7.69. The zero-order chi connectivity index (χ0) is 17.8. The van der Waals surface area contributed by atoms with Crippen molar-refractivity contribution in [3.63, 3.8) is 0 Å². The fourth-order valence-electron chi connectivity index (χ4n) is 2.44. The molecular formula is C17H16ClFN4O2. The number of halogens is 2. The predicted octanol–water partition coefficient (Wildman–Crippen LogP) is 2.77. The van der Waals surface area contributed by atoms with E-state index in [2.05, 4.69) is 15.3 Å². The second-order valence-electron chi connectivity index (χ2n) is 5.59. The molecule has 130 valence electrons. The topological polar surface area (TPSA) is 89.6 Å². The van der Waals surface area contributed by atoms with Crippen LogP contribution >= 0.6 is 11.6 Å². The lowest BCUT2D eigenvalue weighted by Gasteiger charge is -2.08. The molecule has 3 rings (SSSR count). The Kier molecular flexibility index (Phi) is 5.14. The third-order valence-corrected chi connectivity index (χ3v) is 3.95. The summed E-state index contributed by atoms with van der Waals surface area (Å²) < 4.78 is 18.8. The average Bonchev–Trinajstić information content (AvgIpc) is 3.02. The van der Waals surface area contributed by atoms with Gasteiger partial charge >= 0.3 is 0 Å². The van der Waals surface area contributed by atoms with Gasteiger partial charge in [-0.2, -0.15) is 0 Å². The van der Waals surface area contributed by atoms with Crippen LogP contribution in [0.25, 0.3) is 0 Å². The molecule has 1 aliphatic rings. The summed E-state index contributed by atoms with van der Waals surface area (Å²) in [4.78, 5) is 20.0. The number of carbonyl (C=O) groups excluding carboxylic acids is 1. The van der Waals surface area contributed by atoms with Gasteiger partial charge in [-0.05, 0) is 42.7 Å². The summed E-state index contributed by atoms with van der Waals surface area (Å²) in [5.41, 5.74) is 6.77. The maximum absolute atomic E-state index is 13.7. The number of aliphatic imine (C=N–C) groups is 1.